The van der Waals surface area contributed by atoms with Crippen molar-refractivity contribution < 1.29 is 19.1 Å². The van der Waals surface area contributed by atoms with Gasteiger partial charge in [-0.15, -0.1) is 0 Å². The monoisotopic (exact) mass is 322 g/mol. The molecule has 0 unspecified atom stereocenters. The van der Waals surface area contributed by atoms with E-state index in [9.17, 15) is 9.90 Å². The molecule has 0 aromatic carbocycles. The molecule has 2 aliphatic rings. The second-order valence-electron chi connectivity index (χ2n) is 6.74. The number of carbonyl (C=O) groups excluding carboxylic acids is 1. The van der Waals surface area contributed by atoms with E-state index in [2.05, 4.69) is 4.90 Å². The van der Waals surface area contributed by atoms with Crippen molar-refractivity contribution in [2.45, 2.75) is 37.9 Å². The highest BCUT2D eigenvalue weighted by atomic mass is 16.5. The number of nitrogens with zero attached hydrogens (tertiary/aromatic N) is 2. The van der Waals surface area contributed by atoms with Crippen LogP contribution in [0.25, 0.3) is 0 Å². The second kappa shape index (κ2) is 7.03. The average Bonchev–Trinajstić information content (AvgIpc) is 3.18. The van der Waals surface area contributed by atoms with Crippen LogP contribution in [0.1, 0.15) is 42.0 Å². The maximum Gasteiger partial charge on any atom is 0.289 e. The minimum Gasteiger partial charge on any atom is -0.453 e. The Morgan fingerprint density at radius 2 is 2.09 bits per heavy atom. The number of carbonyl (C=O) groups is 1. The van der Waals surface area contributed by atoms with Gasteiger partial charge in [-0.25, -0.2) is 0 Å². The highest BCUT2D eigenvalue weighted by Crippen LogP contribution is 2.25. The van der Waals surface area contributed by atoms with E-state index in [0.29, 0.717) is 37.8 Å². The third-order valence-electron chi connectivity index (χ3n) is 4.72. The van der Waals surface area contributed by atoms with Crippen molar-refractivity contribution in [3.05, 3.63) is 23.7 Å². The molecule has 6 heteroatoms. The van der Waals surface area contributed by atoms with Crippen molar-refractivity contribution in [2.75, 3.05) is 39.8 Å². The van der Waals surface area contributed by atoms with Crippen molar-refractivity contribution >= 4 is 5.91 Å². The number of amides is 1. The third kappa shape index (κ3) is 3.94. The van der Waals surface area contributed by atoms with Gasteiger partial charge < -0.3 is 24.1 Å². The number of hydrogen-bond acceptors (Lipinski definition) is 5. The first-order chi connectivity index (χ1) is 11.1. The molecule has 1 amide bonds. The van der Waals surface area contributed by atoms with Gasteiger partial charge in [0.2, 0.25) is 0 Å². The molecule has 23 heavy (non-hydrogen) atoms. The lowest BCUT2D eigenvalue weighted by atomic mass is 9.92. The van der Waals surface area contributed by atoms with Crippen LogP contribution in [-0.4, -0.2) is 66.2 Å². The van der Waals surface area contributed by atoms with E-state index in [1.165, 1.54) is 12.8 Å². The number of methoxy groups -OCH3 is 1. The molecular weight excluding hydrogens is 296 g/mol. The molecule has 1 aromatic rings. The number of rotatable bonds is 5. The molecule has 2 fully saturated rings. The van der Waals surface area contributed by atoms with Gasteiger partial charge in [0, 0.05) is 20.2 Å². The van der Waals surface area contributed by atoms with Crippen molar-refractivity contribution in [2.24, 2.45) is 0 Å². The zero-order chi connectivity index (χ0) is 16.3. The van der Waals surface area contributed by atoms with Crippen molar-refractivity contribution in [3.8, 4) is 0 Å². The maximum absolute atomic E-state index is 12.6. The summed E-state index contributed by atoms with van der Waals surface area (Å²) < 4.78 is 10.5. The Morgan fingerprint density at radius 3 is 2.83 bits per heavy atom. The second-order valence-corrected chi connectivity index (χ2v) is 6.74. The highest BCUT2D eigenvalue weighted by Gasteiger charge is 2.38. The van der Waals surface area contributed by atoms with Gasteiger partial charge in [0.15, 0.2) is 5.76 Å². The first-order valence-corrected chi connectivity index (χ1v) is 8.41. The SMILES string of the molecule is COCc1ccc(C(=O)N2CCC[C@](O)(CN3CCCC3)C2)o1. The van der Waals surface area contributed by atoms with E-state index in [1.807, 2.05) is 0 Å². The number of β-amino-alcohol motifs (C(OH)–C–C–N with tert-alkyl or cyclic N) is 1. The van der Waals surface area contributed by atoms with Crippen LogP contribution in [0.15, 0.2) is 16.5 Å². The first-order valence-electron chi connectivity index (χ1n) is 8.41. The van der Waals surface area contributed by atoms with Crippen LogP contribution in [0.3, 0.4) is 0 Å². The number of furan rings is 1. The number of aliphatic hydroxyl groups is 1. The number of ether oxygens (including phenoxy) is 1. The molecule has 3 heterocycles. The summed E-state index contributed by atoms with van der Waals surface area (Å²) in [6.07, 6.45) is 3.98. The Labute approximate surface area is 137 Å². The van der Waals surface area contributed by atoms with Gasteiger partial charge in [-0.3, -0.25) is 4.79 Å². The smallest absolute Gasteiger partial charge is 0.289 e. The van der Waals surface area contributed by atoms with Gasteiger partial charge in [-0.1, -0.05) is 0 Å². The number of likely N-dealkylation sites (tertiary alicyclic amines) is 2. The van der Waals surface area contributed by atoms with E-state index in [1.54, 1.807) is 24.1 Å². The van der Waals surface area contributed by atoms with Gasteiger partial charge in [-0.2, -0.15) is 0 Å². The van der Waals surface area contributed by atoms with Crippen LogP contribution in [0, 0.1) is 0 Å². The van der Waals surface area contributed by atoms with Gasteiger partial charge in [0.25, 0.3) is 5.91 Å². The van der Waals surface area contributed by atoms with E-state index >= 15 is 0 Å². The van der Waals surface area contributed by atoms with Gasteiger partial charge in [-0.05, 0) is 50.9 Å². The summed E-state index contributed by atoms with van der Waals surface area (Å²) in [5.41, 5.74) is -0.805. The first kappa shape index (κ1) is 16.5. The fourth-order valence-electron chi connectivity index (χ4n) is 3.64. The molecular formula is C17H26N2O4. The van der Waals surface area contributed by atoms with Crippen LogP contribution < -0.4 is 0 Å². The topological polar surface area (TPSA) is 66.2 Å². The quantitative estimate of drug-likeness (QED) is 0.890. The summed E-state index contributed by atoms with van der Waals surface area (Å²) in [7, 11) is 1.59. The molecule has 0 spiro atoms. The summed E-state index contributed by atoms with van der Waals surface area (Å²) in [4.78, 5) is 16.6. The fourth-order valence-corrected chi connectivity index (χ4v) is 3.64. The predicted octanol–water partition coefficient (Wildman–Crippen LogP) is 1.49. The fraction of sp³-hybridized carbons (Fsp3) is 0.706. The van der Waals surface area contributed by atoms with Crippen molar-refractivity contribution in [3.63, 3.8) is 0 Å². The molecule has 1 aromatic heterocycles. The molecule has 1 N–H and O–H groups in total. The summed E-state index contributed by atoms with van der Waals surface area (Å²) in [5, 5.41) is 10.9. The van der Waals surface area contributed by atoms with Gasteiger partial charge >= 0.3 is 0 Å². The summed E-state index contributed by atoms with van der Waals surface area (Å²) in [6.45, 7) is 4.16. The number of piperidine rings is 1. The molecule has 1 atom stereocenters. The molecule has 3 rings (SSSR count). The summed E-state index contributed by atoms with van der Waals surface area (Å²) in [6, 6.07) is 3.45. The van der Waals surface area contributed by atoms with Gasteiger partial charge in [0.05, 0.1) is 12.1 Å². The zero-order valence-electron chi connectivity index (χ0n) is 13.8. The minimum absolute atomic E-state index is 0.146. The molecule has 128 valence electrons. The Hall–Kier alpha value is -1.37. The van der Waals surface area contributed by atoms with Crippen LogP contribution in [0.2, 0.25) is 0 Å². The van der Waals surface area contributed by atoms with Crippen LogP contribution in [-0.2, 0) is 11.3 Å². The van der Waals surface area contributed by atoms with E-state index in [0.717, 1.165) is 25.9 Å². The average molecular weight is 322 g/mol. The lowest BCUT2D eigenvalue weighted by molar-refractivity contribution is -0.0437. The van der Waals surface area contributed by atoms with E-state index in [-0.39, 0.29) is 5.91 Å². The van der Waals surface area contributed by atoms with E-state index < -0.39 is 5.60 Å². The van der Waals surface area contributed by atoms with Gasteiger partial charge in [0.1, 0.15) is 12.4 Å². The Kier molecular flexibility index (Phi) is 5.04. The molecule has 0 saturated carbocycles. The Balaban J connectivity index is 1.63. The maximum atomic E-state index is 12.6. The lowest BCUT2D eigenvalue weighted by Crippen LogP contribution is -2.55. The van der Waals surface area contributed by atoms with Crippen molar-refractivity contribution in [1.29, 1.82) is 0 Å². The van der Waals surface area contributed by atoms with Crippen LogP contribution in [0.5, 0.6) is 0 Å². The summed E-state index contributed by atoms with van der Waals surface area (Å²) in [5.74, 6) is 0.814. The molecule has 2 aliphatic heterocycles. The van der Waals surface area contributed by atoms with Crippen LogP contribution in [0.4, 0.5) is 0 Å². The number of hydrogen-bond donors (Lipinski definition) is 1. The molecule has 0 bridgehead atoms. The normalized spacial score (nSPS) is 25.9. The minimum atomic E-state index is -0.805. The van der Waals surface area contributed by atoms with Crippen LogP contribution >= 0.6 is 0 Å². The molecule has 6 nitrogen and oxygen atoms in total. The molecule has 0 radical (unpaired) electrons. The van der Waals surface area contributed by atoms with Crippen molar-refractivity contribution in [1.82, 2.24) is 9.80 Å². The molecule has 0 aliphatic carbocycles. The predicted molar refractivity (Wildman–Crippen MR) is 85.2 cm³/mol. The van der Waals surface area contributed by atoms with E-state index in [4.69, 9.17) is 9.15 Å². The Bertz CT molecular complexity index is 538. The lowest BCUT2D eigenvalue weighted by Gasteiger charge is -2.40. The highest BCUT2D eigenvalue weighted by molar-refractivity contribution is 5.91. The zero-order valence-corrected chi connectivity index (χ0v) is 13.8. The summed E-state index contributed by atoms with van der Waals surface area (Å²) >= 11 is 0. The Morgan fingerprint density at radius 1 is 1.30 bits per heavy atom. The third-order valence-corrected chi connectivity index (χ3v) is 4.72. The standard InChI is InChI=1S/C17H26N2O4/c1-22-11-14-5-6-15(23-14)16(20)19-10-4-7-17(21,13-19)12-18-8-2-3-9-18/h5-6,21H,2-4,7-13H2,1H3/t17-/m0/s1. The largest absolute Gasteiger partial charge is 0.453 e. The molecule has 2 saturated heterocycles.